The smallest absolute Gasteiger partial charge is 0.143 e. The van der Waals surface area contributed by atoms with Crippen LogP contribution in [0.4, 0.5) is 4.39 Å². The van der Waals surface area contributed by atoms with Crippen molar-refractivity contribution in [2.45, 2.75) is 6.92 Å². The number of hydrogen-bond acceptors (Lipinski definition) is 4. The predicted octanol–water partition coefficient (Wildman–Crippen LogP) is 4.24. The first-order valence-electron chi connectivity index (χ1n) is 7.41. The number of rotatable bonds is 3. The summed E-state index contributed by atoms with van der Waals surface area (Å²) in [6.07, 6.45) is 5.24. The van der Waals surface area contributed by atoms with Crippen molar-refractivity contribution in [1.82, 2.24) is 20.1 Å². The van der Waals surface area contributed by atoms with E-state index in [4.69, 9.17) is 4.52 Å². The normalized spacial score (nSPS) is 10.9. The van der Waals surface area contributed by atoms with E-state index in [2.05, 4.69) is 20.1 Å². The fourth-order valence-corrected chi connectivity index (χ4v) is 2.59. The Kier molecular flexibility index (Phi) is 3.42. The number of nitrogens with zero attached hydrogens (tertiary/aromatic N) is 3. The maximum Gasteiger partial charge on any atom is 0.143 e. The third-order valence-electron chi connectivity index (χ3n) is 3.77. The number of imidazole rings is 1. The number of pyridine rings is 1. The van der Waals surface area contributed by atoms with Gasteiger partial charge in [-0.3, -0.25) is 4.98 Å². The lowest BCUT2D eigenvalue weighted by Crippen LogP contribution is -1.86. The zero-order chi connectivity index (χ0) is 16.5. The van der Waals surface area contributed by atoms with Gasteiger partial charge in [-0.2, -0.15) is 0 Å². The largest absolute Gasteiger partial charge is 0.360 e. The van der Waals surface area contributed by atoms with Crippen LogP contribution in [0.3, 0.4) is 0 Å². The van der Waals surface area contributed by atoms with E-state index in [1.54, 1.807) is 24.5 Å². The van der Waals surface area contributed by atoms with E-state index in [1.807, 2.05) is 25.3 Å². The number of aromatic amines is 1. The Balaban J connectivity index is 1.79. The lowest BCUT2D eigenvalue weighted by molar-refractivity contribution is 0.400. The predicted molar refractivity (Wildman–Crippen MR) is 87.4 cm³/mol. The van der Waals surface area contributed by atoms with Gasteiger partial charge in [0.15, 0.2) is 0 Å². The maximum absolute atomic E-state index is 13.2. The second kappa shape index (κ2) is 5.73. The third kappa shape index (κ3) is 2.48. The molecule has 5 nitrogen and oxygen atoms in total. The Labute approximate surface area is 137 Å². The maximum atomic E-state index is 13.2. The van der Waals surface area contributed by atoms with E-state index in [-0.39, 0.29) is 5.82 Å². The molecule has 0 aliphatic carbocycles. The molecule has 0 aliphatic rings. The van der Waals surface area contributed by atoms with Gasteiger partial charge in [0, 0.05) is 29.7 Å². The zero-order valence-electron chi connectivity index (χ0n) is 12.8. The number of aryl methyl sites for hydroxylation is 1. The highest BCUT2D eigenvalue weighted by molar-refractivity contribution is 5.80. The van der Waals surface area contributed by atoms with E-state index >= 15 is 0 Å². The molecule has 3 aromatic heterocycles. The molecule has 0 radical (unpaired) electrons. The molecule has 0 fully saturated rings. The van der Waals surface area contributed by atoms with Crippen LogP contribution in [0.25, 0.3) is 33.9 Å². The molecule has 0 aliphatic heterocycles. The standard InChI is InChI=1S/C18H13FN4O/c1-11-16(17(23-24-11)12-2-4-14(19)5-3-12)15-10-21-18(22-15)13-6-8-20-9-7-13/h2-10H,1H3,(H,21,22). The molecule has 0 saturated carbocycles. The quantitative estimate of drug-likeness (QED) is 0.613. The summed E-state index contributed by atoms with van der Waals surface area (Å²) in [7, 11) is 0. The number of nitrogens with one attached hydrogen (secondary N) is 1. The Morgan fingerprint density at radius 1 is 1.00 bits per heavy atom. The Morgan fingerprint density at radius 3 is 2.50 bits per heavy atom. The molecule has 3 heterocycles. The van der Waals surface area contributed by atoms with E-state index in [0.717, 1.165) is 28.2 Å². The summed E-state index contributed by atoms with van der Waals surface area (Å²) in [4.78, 5) is 11.8. The summed E-state index contributed by atoms with van der Waals surface area (Å²) in [6.45, 7) is 1.83. The summed E-state index contributed by atoms with van der Waals surface area (Å²) in [6, 6.07) is 9.90. The minimum atomic E-state index is -0.291. The molecule has 1 N–H and O–H groups in total. The Hall–Kier alpha value is -3.28. The Bertz CT molecular complexity index is 974. The summed E-state index contributed by atoms with van der Waals surface area (Å²) in [5, 5.41) is 4.11. The highest BCUT2D eigenvalue weighted by atomic mass is 19.1. The molecule has 0 bridgehead atoms. The summed E-state index contributed by atoms with van der Waals surface area (Å²) in [5.74, 6) is 1.10. The second-order valence-corrected chi connectivity index (χ2v) is 5.34. The molecule has 1 aromatic carbocycles. The van der Waals surface area contributed by atoms with Crippen LogP contribution in [-0.2, 0) is 0 Å². The topological polar surface area (TPSA) is 67.6 Å². The van der Waals surface area contributed by atoms with E-state index in [9.17, 15) is 4.39 Å². The highest BCUT2D eigenvalue weighted by Gasteiger charge is 2.19. The lowest BCUT2D eigenvalue weighted by Gasteiger charge is -2.00. The van der Waals surface area contributed by atoms with E-state index in [1.165, 1.54) is 12.1 Å². The first-order chi connectivity index (χ1) is 11.7. The van der Waals surface area contributed by atoms with Gasteiger partial charge in [0.1, 0.15) is 23.1 Å². The zero-order valence-corrected chi connectivity index (χ0v) is 12.8. The van der Waals surface area contributed by atoms with E-state index in [0.29, 0.717) is 11.5 Å². The SMILES string of the molecule is Cc1onc(-c2ccc(F)cc2)c1-c1c[nH]c(-c2ccncc2)n1. The monoisotopic (exact) mass is 320 g/mol. The van der Waals surface area contributed by atoms with Crippen LogP contribution < -0.4 is 0 Å². The van der Waals surface area contributed by atoms with Crippen LogP contribution in [0.2, 0.25) is 0 Å². The van der Waals surface area contributed by atoms with Gasteiger partial charge < -0.3 is 9.51 Å². The molecule has 4 aromatic rings. The number of halogens is 1. The van der Waals surface area contributed by atoms with Crippen molar-refractivity contribution in [3.63, 3.8) is 0 Å². The summed E-state index contributed by atoms with van der Waals surface area (Å²) < 4.78 is 18.5. The van der Waals surface area contributed by atoms with Gasteiger partial charge in [0.2, 0.25) is 0 Å². The van der Waals surface area contributed by atoms with Gasteiger partial charge in [-0.15, -0.1) is 0 Å². The molecule has 6 heteroatoms. The molecule has 118 valence electrons. The Morgan fingerprint density at radius 2 is 1.75 bits per heavy atom. The molecule has 0 saturated heterocycles. The summed E-state index contributed by atoms with van der Waals surface area (Å²) >= 11 is 0. The van der Waals surface area contributed by atoms with Crippen molar-refractivity contribution in [1.29, 1.82) is 0 Å². The van der Waals surface area contributed by atoms with Crippen LogP contribution in [0, 0.1) is 12.7 Å². The number of H-pyrrole nitrogens is 1. The summed E-state index contributed by atoms with van der Waals surface area (Å²) in [5.41, 5.74) is 3.86. The van der Waals surface area contributed by atoms with Crippen molar-refractivity contribution in [2.75, 3.05) is 0 Å². The minimum absolute atomic E-state index is 0.291. The first kappa shape index (κ1) is 14.3. The highest BCUT2D eigenvalue weighted by Crippen LogP contribution is 2.34. The number of hydrogen-bond donors (Lipinski definition) is 1. The van der Waals surface area contributed by atoms with Crippen LogP contribution in [0.5, 0.6) is 0 Å². The molecular weight excluding hydrogens is 307 g/mol. The van der Waals surface area contributed by atoms with E-state index < -0.39 is 0 Å². The van der Waals surface area contributed by atoms with Gasteiger partial charge in [-0.05, 0) is 43.3 Å². The van der Waals surface area contributed by atoms with Gasteiger partial charge >= 0.3 is 0 Å². The average molecular weight is 320 g/mol. The van der Waals surface area contributed by atoms with Gasteiger partial charge in [-0.25, -0.2) is 9.37 Å². The molecule has 0 spiro atoms. The fraction of sp³-hybridized carbons (Fsp3) is 0.0556. The molecule has 0 atom stereocenters. The molecule has 4 rings (SSSR count). The van der Waals surface area contributed by atoms with Crippen LogP contribution >= 0.6 is 0 Å². The molecule has 24 heavy (non-hydrogen) atoms. The number of aromatic nitrogens is 4. The number of benzene rings is 1. The fourth-order valence-electron chi connectivity index (χ4n) is 2.59. The van der Waals surface area contributed by atoms with Crippen molar-refractivity contribution >= 4 is 0 Å². The van der Waals surface area contributed by atoms with Crippen molar-refractivity contribution < 1.29 is 8.91 Å². The molecular formula is C18H13FN4O. The minimum Gasteiger partial charge on any atom is -0.360 e. The third-order valence-corrected chi connectivity index (χ3v) is 3.77. The first-order valence-corrected chi connectivity index (χ1v) is 7.41. The van der Waals surface area contributed by atoms with Crippen LogP contribution in [0.1, 0.15) is 5.76 Å². The lowest BCUT2D eigenvalue weighted by atomic mass is 10.0. The van der Waals surface area contributed by atoms with Crippen molar-refractivity contribution in [3.05, 3.63) is 66.6 Å². The van der Waals surface area contributed by atoms with Crippen LogP contribution in [0.15, 0.2) is 59.5 Å². The second-order valence-electron chi connectivity index (χ2n) is 5.34. The van der Waals surface area contributed by atoms with Crippen molar-refractivity contribution in [2.24, 2.45) is 0 Å². The molecule has 0 amide bonds. The van der Waals surface area contributed by atoms with Crippen molar-refractivity contribution in [3.8, 4) is 33.9 Å². The van der Waals surface area contributed by atoms with Crippen LogP contribution in [-0.4, -0.2) is 20.1 Å². The molecule has 0 unspecified atom stereocenters. The van der Waals surface area contributed by atoms with Gasteiger partial charge in [-0.1, -0.05) is 5.16 Å². The van der Waals surface area contributed by atoms with Gasteiger partial charge in [0.05, 0.1) is 11.3 Å². The van der Waals surface area contributed by atoms with Gasteiger partial charge in [0.25, 0.3) is 0 Å². The average Bonchev–Trinajstić information content (AvgIpc) is 3.23.